The molecular weight excluding hydrogens is 359 g/mol. The first-order valence-corrected chi connectivity index (χ1v) is 7.01. The number of esters is 2. The van der Waals surface area contributed by atoms with Gasteiger partial charge in [-0.2, -0.15) is 22.0 Å². The van der Waals surface area contributed by atoms with Crippen molar-refractivity contribution in [2.45, 2.75) is 30.6 Å². The van der Waals surface area contributed by atoms with Gasteiger partial charge in [-0.05, 0) is 6.42 Å². The van der Waals surface area contributed by atoms with Crippen LogP contribution in [0.25, 0.3) is 0 Å². The predicted octanol–water partition coefficient (Wildman–Crippen LogP) is 1.11. The van der Waals surface area contributed by atoms with Crippen molar-refractivity contribution < 1.29 is 54.0 Å². The Labute approximate surface area is 126 Å². The highest BCUT2D eigenvalue weighted by atomic mass is 32.2. The first-order valence-electron chi connectivity index (χ1n) is 5.60. The van der Waals surface area contributed by atoms with Crippen LogP contribution in [0.15, 0.2) is 12.4 Å². The molecule has 13 heteroatoms. The molecule has 0 aliphatic rings. The molecule has 1 atom stereocenters. The Morgan fingerprint density at radius 3 is 2.09 bits per heavy atom. The number of halogens is 5. The van der Waals surface area contributed by atoms with E-state index in [1.165, 1.54) is 0 Å². The predicted molar refractivity (Wildman–Crippen MR) is 61.0 cm³/mol. The molecule has 0 amide bonds. The van der Waals surface area contributed by atoms with Gasteiger partial charge in [0, 0.05) is 0 Å². The van der Waals surface area contributed by atoms with Crippen LogP contribution in [0.5, 0.6) is 0 Å². The Morgan fingerprint density at radius 2 is 1.74 bits per heavy atom. The molecule has 0 spiro atoms. The molecule has 0 aromatic rings. The van der Waals surface area contributed by atoms with Gasteiger partial charge in [-0.25, -0.2) is 18.0 Å². The van der Waals surface area contributed by atoms with Gasteiger partial charge in [-0.1, -0.05) is 13.5 Å². The quantitative estimate of drug-likeness (QED) is 0.273. The van der Waals surface area contributed by atoms with Crippen molar-refractivity contribution in [3.05, 3.63) is 12.4 Å². The van der Waals surface area contributed by atoms with Crippen LogP contribution < -0.4 is 0 Å². The summed E-state index contributed by atoms with van der Waals surface area (Å²) >= 11 is 0. The van der Waals surface area contributed by atoms with Crippen LogP contribution in [0.1, 0.15) is 13.3 Å². The Bertz CT molecular complexity index is 586. The second-order valence-corrected chi connectivity index (χ2v) is 5.50. The van der Waals surface area contributed by atoms with Crippen molar-refractivity contribution in [2.24, 2.45) is 0 Å². The molecule has 1 unspecified atom stereocenters. The fourth-order valence-electron chi connectivity index (χ4n) is 1.06. The van der Waals surface area contributed by atoms with E-state index in [1.54, 1.807) is 0 Å². The summed E-state index contributed by atoms with van der Waals surface area (Å²) in [5.74, 6) is -11.1. The maximum absolute atomic E-state index is 13.6. The number of carbonyl (C=O) groups excluding carboxylic acids is 2. The molecule has 0 fully saturated rings. The van der Waals surface area contributed by atoms with Crippen molar-refractivity contribution in [2.75, 3.05) is 6.61 Å². The molecule has 0 aromatic carbocycles. The minimum atomic E-state index is -6.25. The van der Waals surface area contributed by atoms with E-state index >= 15 is 0 Å². The molecule has 0 aromatic heterocycles. The highest BCUT2D eigenvalue weighted by molar-refractivity contribution is 7.86. The van der Waals surface area contributed by atoms with Gasteiger partial charge in [0.25, 0.3) is 0 Å². The number of alkyl halides is 4. The van der Waals surface area contributed by atoms with Gasteiger partial charge in [0.05, 0.1) is 0 Å². The number of hydrogen-bond donors (Lipinski definition) is 0. The molecule has 0 bridgehead atoms. The van der Waals surface area contributed by atoms with Gasteiger partial charge in [-0.15, -0.1) is 0 Å². The van der Waals surface area contributed by atoms with E-state index in [-0.39, 0.29) is 0 Å². The summed E-state index contributed by atoms with van der Waals surface area (Å²) in [6.45, 7) is 0.980. The standard InChI is InChI=1S/C10H11F5O7S/c1-3-6(22-7(16)5(2)11)10(14,15)8(17)21-4-9(12,13)23(18,19)20/h6H,2-4H2,1H3,(H,18,19,20)/p-1. The lowest BCUT2D eigenvalue weighted by Crippen LogP contribution is -2.46. The molecule has 23 heavy (non-hydrogen) atoms. The van der Waals surface area contributed by atoms with Crippen molar-refractivity contribution in [3.63, 3.8) is 0 Å². The van der Waals surface area contributed by atoms with E-state index in [2.05, 4.69) is 16.1 Å². The van der Waals surface area contributed by atoms with Crippen LogP contribution in [-0.4, -0.2) is 48.8 Å². The molecule has 0 N–H and O–H groups in total. The van der Waals surface area contributed by atoms with Crippen molar-refractivity contribution in [1.82, 2.24) is 0 Å². The second-order valence-electron chi connectivity index (χ2n) is 4.00. The van der Waals surface area contributed by atoms with Crippen molar-refractivity contribution in [3.8, 4) is 0 Å². The minimum absolute atomic E-state index is 0.753. The van der Waals surface area contributed by atoms with Gasteiger partial charge >= 0.3 is 23.1 Å². The molecule has 134 valence electrons. The van der Waals surface area contributed by atoms with Gasteiger partial charge < -0.3 is 14.0 Å². The molecular formula is C10H10F5O7S-. The monoisotopic (exact) mass is 369 g/mol. The van der Waals surface area contributed by atoms with Gasteiger partial charge in [-0.3, -0.25) is 0 Å². The number of hydrogen-bond acceptors (Lipinski definition) is 7. The molecule has 0 saturated heterocycles. The molecule has 0 heterocycles. The summed E-state index contributed by atoms with van der Waals surface area (Å²) in [5.41, 5.74) is 0. The SMILES string of the molecule is C=C(F)C(=O)OC(CC)C(F)(F)C(=O)OCC(F)(F)S(=O)(=O)[O-]. The fraction of sp³-hybridized carbons (Fsp3) is 0.600. The number of rotatable bonds is 8. The first-order chi connectivity index (χ1) is 10.2. The van der Waals surface area contributed by atoms with Crippen LogP contribution in [0.2, 0.25) is 0 Å². The normalized spacial score (nSPS) is 14.0. The van der Waals surface area contributed by atoms with Crippen molar-refractivity contribution >= 4 is 22.1 Å². The highest BCUT2D eigenvalue weighted by Crippen LogP contribution is 2.28. The van der Waals surface area contributed by atoms with Gasteiger partial charge in [0.2, 0.25) is 5.83 Å². The molecule has 0 rings (SSSR count). The zero-order chi connectivity index (χ0) is 18.6. The molecule has 0 aliphatic heterocycles. The average molecular weight is 369 g/mol. The summed E-state index contributed by atoms with van der Waals surface area (Å²) in [7, 11) is -6.25. The van der Waals surface area contributed by atoms with Gasteiger partial charge in [0.15, 0.2) is 22.8 Å². The van der Waals surface area contributed by atoms with Gasteiger partial charge in [0.1, 0.15) is 0 Å². The van der Waals surface area contributed by atoms with Crippen LogP contribution in [-0.2, 0) is 29.2 Å². The summed E-state index contributed by atoms with van der Waals surface area (Å²) in [6, 6.07) is 0. The van der Waals surface area contributed by atoms with Crippen LogP contribution in [0, 0.1) is 0 Å². The lowest BCUT2D eigenvalue weighted by atomic mass is 10.1. The Balaban J connectivity index is 5.08. The lowest BCUT2D eigenvalue weighted by molar-refractivity contribution is -0.201. The third-order valence-corrected chi connectivity index (χ3v) is 3.10. The average Bonchev–Trinajstić information content (AvgIpc) is 2.39. The van der Waals surface area contributed by atoms with Crippen LogP contribution in [0.3, 0.4) is 0 Å². The first kappa shape index (κ1) is 21.2. The van der Waals surface area contributed by atoms with Crippen LogP contribution >= 0.6 is 0 Å². The molecule has 7 nitrogen and oxygen atoms in total. The maximum atomic E-state index is 13.6. The lowest BCUT2D eigenvalue weighted by Gasteiger charge is -2.25. The highest BCUT2D eigenvalue weighted by Gasteiger charge is 2.52. The molecule has 0 saturated carbocycles. The molecule has 0 radical (unpaired) electrons. The largest absolute Gasteiger partial charge is 0.743 e. The topological polar surface area (TPSA) is 110 Å². The smallest absolute Gasteiger partial charge is 0.381 e. The van der Waals surface area contributed by atoms with E-state index in [0.29, 0.717) is 0 Å². The fourth-order valence-corrected chi connectivity index (χ4v) is 1.26. The summed E-state index contributed by atoms with van der Waals surface area (Å²) in [4.78, 5) is 21.9. The summed E-state index contributed by atoms with van der Waals surface area (Å²) in [5, 5.41) is -5.13. The second kappa shape index (κ2) is 7.21. The van der Waals surface area contributed by atoms with E-state index in [9.17, 15) is 44.5 Å². The van der Waals surface area contributed by atoms with E-state index in [0.717, 1.165) is 6.92 Å². The number of carbonyl (C=O) groups is 2. The van der Waals surface area contributed by atoms with E-state index in [1.807, 2.05) is 0 Å². The van der Waals surface area contributed by atoms with E-state index < -0.39 is 58.2 Å². The number of ether oxygens (including phenoxy) is 2. The summed E-state index contributed by atoms with van der Waals surface area (Å²) in [6.07, 6.45) is -3.34. The maximum Gasteiger partial charge on any atom is 0.381 e. The third kappa shape index (κ3) is 5.42. The zero-order valence-electron chi connectivity index (χ0n) is 11.4. The Morgan fingerprint density at radius 1 is 1.26 bits per heavy atom. The molecule has 0 aliphatic carbocycles. The third-order valence-electron chi connectivity index (χ3n) is 2.26. The summed E-state index contributed by atoms with van der Waals surface area (Å²) < 4.78 is 103. The van der Waals surface area contributed by atoms with Crippen molar-refractivity contribution in [1.29, 1.82) is 0 Å². The Kier molecular flexibility index (Phi) is 6.66. The Hall–Kier alpha value is -1.76. The zero-order valence-corrected chi connectivity index (χ0v) is 12.2. The van der Waals surface area contributed by atoms with Crippen LogP contribution in [0.4, 0.5) is 22.0 Å². The van der Waals surface area contributed by atoms with E-state index in [4.69, 9.17) is 0 Å². The minimum Gasteiger partial charge on any atom is -0.743 e.